The molecular weight excluding hydrogens is 635 g/mol. The molecule has 5 N–H and O–H groups in total. The quantitative estimate of drug-likeness (QED) is 0.0848. The molecule has 0 fully saturated rings. The standard InChI is InChI=1S/C27H21N5O9S3/c1-15-12-17(28)4-9-23(15)29-31-25-11-10-24(20-7-6-19(14-22(20)25)43(36,37)38)30-32-26-8-3-16-2-5-18(42(33,34)35)13-21(16)27(26)44(39,40)41/h2-14H,28H2,1H3,(H,33,34,35)(H,36,37,38)(H,39,40,41). The topological polar surface area (TPSA) is 239 Å². The third-order valence-corrected chi connectivity index (χ3v) is 9.11. The number of nitrogens with zero attached hydrogens (tertiary/aromatic N) is 4. The summed E-state index contributed by atoms with van der Waals surface area (Å²) in [6, 6.07) is 17.3. The molecule has 0 spiro atoms. The Hall–Kier alpha value is -4.65. The molecule has 5 rings (SSSR count). The molecule has 0 radical (unpaired) electrons. The number of anilines is 1. The van der Waals surface area contributed by atoms with Gasteiger partial charge in [0.1, 0.15) is 10.6 Å². The van der Waals surface area contributed by atoms with Gasteiger partial charge in [-0.05, 0) is 78.5 Å². The second-order valence-corrected chi connectivity index (χ2v) is 13.7. The van der Waals surface area contributed by atoms with E-state index in [1.807, 2.05) is 0 Å². The van der Waals surface area contributed by atoms with Gasteiger partial charge in [0.2, 0.25) is 0 Å². The van der Waals surface area contributed by atoms with Crippen molar-refractivity contribution >= 4 is 80.3 Å². The van der Waals surface area contributed by atoms with Crippen LogP contribution in [0, 0.1) is 6.92 Å². The third kappa shape index (κ3) is 6.32. The molecule has 44 heavy (non-hydrogen) atoms. The van der Waals surface area contributed by atoms with E-state index in [1.54, 1.807) is 25.1 Å². The average molecular weight is 656 g/mol. The van der Waals surface area contributed by atoms with E-state index in [2.05, 4.69) is 20.5 Å². The molecule has 0 saturated heterocycles. The van der Waals surface area contributed by atoms with E-state index in [1.165, 1.54) is 36.4 Å². The van der Waals surface area contributed by atoms with Crippen molar-refractivity contribution in [3.8, 4) is 0 Å². The smallest absolute Gasteiger partial charge is 0.297 e. The van der Waals surface area contributed by atoms with Crippen molar-refractivity contribution in [2.24, 2.45) is 20.5 Å². The van der Waals surface area contributed by atoms with E-state index in [-0.39, 0.29) is 38.6 Å². The molecule has 5 aromatic rings. The van der Waals surface area contributed by atoms with Crippen LogP contribution in [0.3, 0.4) is 0 Å². The number of rotatable bonds is 7. The monoisotopic (exact) mass is 655 g/mol. The summed E-state index contributed by atoms with van der Waals surface area (Å²) in [6.07, 6.45) is 0. The van der Waals surface area contributed by atoms with E-state index < -0.39 is 45.0 Å². The first-order valence-electron chi connectivity index (χ1n) is 12.3. The van der Waals surface area contributed by atoms with Crippen LogP contribution >= 0.6 is 0 Å². The van der Waals surface area contributed by atoms with Crippen molar-refractivity contribution in [2.45, 2.75) is 21.6 Å². The Labute approximate surface area is 250 Å². The number of aryl methyl sites for hydroxylation is 1. The molecule has 0 saturated carbocycles. The number of hydrogen-bond donors (Lipinski definition) is 4. The van der Waals surface area contributed by atoms with Gasteiger partial charge in [-0.15, -0.1) is 15.3 Å². The number of fused-ring (bicyclic) bond motifs is 2. The van der Waals surface area contributed by atoms with E-state index in [0.717, 1.165) is 29.8 Å². The molecule has 0 aromatic heterocycles. The number of nitrogens with two attached hydrogens (primary N) is 1. The highest BCUT2D eigenvalue weighted by Crippen LogP contribution is 2.39. The van der Waals surface area contributed by atoms with Crippen LogP contribution in [0.15, 0.2) is 114 Å². The first-order chi connectivity index (χ1) is 20.5. The van der Waals surface area contributed by atoms with Crippen molar-refractivity contribution < 1.29 is 38.9 Å². The summed E-state index contributed by atoms with van der Waals surface area (Å²) < 4.78 is 101. The van der Waals surface area contributed by atoms with Gasteiger partial charge >= 0.3 is 0 Å². The average Bonchev–Trinajstić information content (AvgIpc) is 2.93. The molecule has 0 aliphatic carbocycles. The Morgan fingerprint density at radius 3 is 1.59 bits per heavy atom. The Kier molecular flexibility index (Phi) is 7.79. The molecule has 0 heterocycles. The molecule has 0 bridgehead atoms. The maximum absolute atomic E-state index is 12.4. The zero-order valence-corrected chi connectivity index (χ0v) is 24.8. The van der Waals surface area contributed by atoms with Gasteiger partial charge < -0.3 is 5.73 Å². The van der Waals surface area contributed by atoms with Gasteiger partial charge in [-0.3, -0.25) is 13.7 Å². The predicted molar refractivity (Wildman–Crippen MR) is 161 cm³/mol. The van der Waals surface area contributed by atoms with Crippen LogP contribution in [-0.2, 0) is 30.4 Å². The fraction of sp³-hybridized carbons (Fsp3) is 0.0370. The highest BCUT2D eigenvalue weighted by Gasteiger charge is 2.22. The van der Waals surface area contributed by atoms with Gasteiger partial charge in [0, 0.05) is 21.8 Å². The maximum atomic E-state index is 12.4. The summed E-state index contributed by atoms with van der Waals surface area (Å²) in [5.74, 6) is 0. The number of azo groups is 2. The van der Waals surface area contributed by atoms with Gasteiger partial charge in [0.05, 0.1) is 26.9 Å². The summed E-state index contributed by atoms with van der Waals surface area (Å²) in [5.41, 5.74) is 7.48. The molecular formula is C27H21N5O9S3. The van der Waals surface area contributed by atoms with Crippen LogP contribution in [0.2, 0.25) is 0 Å². The van der Waals surface area contributed by atoms with E-state index >= 15 is 0 Å². The van der Waals surface area contributed by atoms with Crippen LogP contribution in [0.25, 0.3) is 21.5 Å². The van der Waals surface area contributed by atoms with Gasteiger partial charge in [-0.1, -0.05) is 18.2 Å². The van der Waals surface area contributed by atoms with Crippen LogP contribution in [0.1, 0.15) is 5.56 Å². The Bertz CT molecular complexity index is 2390. The third-order valence-electron chi connectivity index (χ3n) is 6.47. The fourth-order valence-electron chi connectivity index (χ4n) is 4.41. The minimum atomic E-state index is -5.00. The summed E-state index contributed by atoms with van der Waals surface area (Å²) in [5, 5.41) is 17.0. The second kappa shape index (κ2) is 11.1. The summed E-state index contributed by atoms with van der Waals surface area (Å²) in [4.78, 5) is -1.80. The van der Waals surface area contributed by atoms with Crippen LogP contribution in [-0.4, -0.2) is 38.9 Å². The second-order valence-electron chi connectivity index (χ2n) is 9.48. The van der Waals surface area contributed by atoms with Crippen LogP contribution in [0.5, 0.6) is 0 Å². The molecule has 14 nitrogen and oxygen atoms in total. The zero-order chi connectivity index (χ0) is 32.0. The first-order valence-corrected chi connectivity index (χ1v) is 16.6. The number of benzene rings is 5. The van der Waals surface area contributed by atoms with Gasteiger partial charge in [0.25, 0.3) is 30.4 Å². The predicted octanol–water partition coefficient (Wildman–Crippen LogP) is 6.45. The lowest BCUT2D eigenvalue weighted by atomic mass is 10.1. The molecule has 0 aliphatic heterocycles. The minimum absolute atomic E-state index is 0.109. The first kappa shape index (κ1) is 30.8. The number of nitrogen functional groups attached to an aromatic ring is 1. The largest absolute Gasteiger partial charge is 0.399 e. The maximum Gasteiger partial charge on any atom is 0.297 e. The fourth-order valence-corrected chi connectivity index (χ4v) is 6.25. The molecule has 5 aromatic carbocycles. The van der Waals surface area contributed by atoms with E-state index in [0.29, 0.717) is 11.4 Å². The SMILES string of the molecule is Cc1cc(N)ccc1N=Nc1ccc(N=Nc2ccc3ccc(S(=O)(=O)O)cc3c2S(=O)(=O)O)c2ccc(S(=O)(=O)O)cc12. The van der Waals surface area contributed by atoms with E-state index in [4.69, 9.17) is 5.73 Å². The molecule has 226 valence electrons. The number of hydrogen-bond acceptors (Lipinski definition) is 11. The van der Waals surface area contributed by atoms with Crippen LogP contribution in [0.4, 0.5) is 28.4 Å². The van der Waals surface area contributed by atoms with Gasteiger partial charge in [-0.25, -0.2) is 0 Å². The van der Waals surface area contributed by atoms with Crippen molar-refractivity contribution in [3.63, 3.8) is 0 Å². The lowest BCUT2D eigenvalue weighted by Gasteiger charge is -2.09. The highest BCUT2D eigenvalue weighted by molar-refractivity contribution is 7.86. The van der Waals surface area contributed by atoms with Gasteiger partial charge in [0.15, 0.2) is 0 Å². The zero-order valence-electron chi connectivity index (χ0n) is 22.4. The minimum Gasteiger partial charge on any atom is -0.399 e. The molecule has 0 atom stereocenters. The lowest BCUT2D eigenvalue weighted by molar-refractivity contribution is 0.480. The van der Waals surface area contributed by atoms with Crippen molar-refractivity contribution in [1.29, 1.82) is 0 Å². The summed E-state index contributed by atoms with van der Waals surface area (Å²) in [6.45, 7) is 1.78. The summed E-state index contributed by atoms with van der Waals surface area (Å²) >= 11 is 0. The van der Waals surface area contributed by atoms with E-state index in [9.17, 15) is 38.9 Å². The molecule has 0 amide bonds. The van der Waals surface area contributed by atoms with Crippen LogP contribution < -0.4 is 5.73 Å². The normalized spacial score (nSPS) is 13.0. The molecule has 0 aliphatic rings. The Morgan fingerprint density at radius 1 is 0.523 bits per heavy atom. The molecule has 17 heteroatoms. The van der Waals surface area contributed by atoms with Crippen molar-refractivity contribution in [2.75, 3.05) is 5.73 Å². The highest BCUT2D eigenvalue weighted by atomic mass is 32.2. The van der Waals surface area contributed by atoms with Crippen molar-refractivity contribution in [1.82, 2.24) is 0 Å². The summed E-state index contributed by atoms with van der Waals surface area (Å²) in [7, 11) is -14.3. The Morgan fingerprint density at radius 2 is 1.00 bits per heavy atom. The Balaban J connectivity index is 1.68. The van der Waals surface area contributed by atoms with Crippen molar-refractivity contribution in [3.05, 3.63) is 84.4 Å². The lowest BCUT2D eigenvalue weighted by Crippen LogP contribution is -2.02. The van der Waals surface area contributed by atoms with Gasteiger partial charge in [-0.2, -0.15) is 30.4 Å². The molecule has 0 unspecified atom stereocenters.